The van der Waals surface area contributed by atoms with Crippen molar-refractivity contribution in [2.75, 3.05) is 7.11 Å². The van der Waals surface area contributed by atoms with Crippen LogP contribution in [0, 0.1) is 5.92 Å². The Kier molecular flexibility index (Phi) is 3.81. The predicted octanol–water partition coefficient (Wildman–Crippen LogP) is 4.71. The van der Waals surface area contributed by atoms with Gasteiger partial charge in [-0.15, -0.1) is 11.6 Å². The van der Waals surface area contributed by atoms with Crippen molar-refractivity contribution < 1.29 is 4.74 Å². The number of methoxy groups -OCH3 is 1. The van der Waals surface area contributed by atoms with Gasteiger partial charge in [-0.1, -0.05) is 22.9 Å². The molecule has 0 spiro atoms. The fourth-order valence-corrected chi connectivity index (χ4v) is 3.43. The van der Waals surface area contributed by atoms with E-state index in [0.717, 1.165) is 23.1 Å². The van der Waals surface area contributed by atoms with Crippen molar-refractivity contribution in [3.8, 4) is 5.75 Å². The monoisotopic (exact) mass is 302 g/mol. The average molecular weight is 304 g/mol. The zero-order chi connectivity index (χ0) is 11.7. The molecule has 16 heavy (non-hydrogen) atoms. The van der Waals surface area contributed by atoms with Crippen molar-refractivity contribution >= 4 is 27.5 Å². The molecule has 1 aliphatic rings. The number of hydrogen-bond acceptors (Lipinski definition) is 1. The summed E-state index contributed by atoms with van der Waals surface area (Å²) < 4.78 is 6.41. The lowest BCUT2D eigenvalue weighted by molar-refractivity contribution is 0.413. The molecule has 2 unspecified atom stereocenters. The van der Waals surface area contributed by atoms with Crippen molar-refractivity contribution in [2.45, 2.75) is 31.6 Å². The first kappa shape index (κ1) is 12.3. The Morgan fingerprint density at radius 1 is 1.44 bits per heavy atom. The standard InChI is InChI=1S/C13H16BrClO/c1-8-3-4-10-11(13(15)5-8)6-9(16-2)7-12(10)14/h6-8,13H,3-5H2,1-2H3. The van der Waals surface area contributed by atoms with Gasteiger partial charge in [0, 0.05) is 4.47 Å². The highest BCUT2D eigenvalue weighted by molar-refractivity contribution is 9.10. The minimum absolute atomic E-state index is 0.110. The first-order valence-corrected chi connectivity index (χ1v) is 6.85. The van der Waals surface area contributed by atoms with E-state index in [9.17, 15) is 0 Å². The van der Waals surface area contributed by atoms with E-state index in [1.54, 1.807) is 7.11 Å². The summed E-state index contributed by atoms with van der Waals surface area (Å²) in [5.74, 6) is 1.57. The Bertz CT molecular complexity index is 392. The molecule has 0 amide bonds. The number of rotatable bonds is 1. The van der Waals surface area contributed by atoms with Gasteiger partial charge in [-0.05, 0) is 48.4 Å². The Morgan fingerprint density at radius 2 is 2.19 bits per heavy atom. The van der Waals surface area contributed by atoms with Crippen LogP contribution in [-0.4, -0.2) is 7.11 Å². The summed E-state index contributed by atoms with van der Waals surface area (Å²) in [5.41, 5.74) is 2.59. The van der Waals surface area contributed by atoms with E-state index in [1.807, 2.05) is 6.07 Å². The highest BCUT2D eigenvalue weighted by Gasteiger charge is 2.23. The van der Waals surface area contributed by atoms with E-state index in [-0.39, 0.29) is 5.38 Å². The molecule has 0 fully saturated rings. The van der Waals surface area contributed by atoms with Crippen LogP contribution in [0.25, 0.3) is 0 Å². The van der Waals surface area contributed by atoms with Gasteiger partial charge in [0.15, 0.2) is 0 Å². The quantitative estimate of drug-likeness (QED) is 0.539. The molecule has 3 heteroatoms. The third kappa shape index (κ3) is 2.38. The maximum Gasteiger partial charge on any atom is 0.120 e. The van der Waals surface area contributed by atoms with Gasteiger partial charge in [-0.25, -0.2) is 0 Å². The number of halogens is 2. The Morgan fingerprint density at radius 3 is 2.88 bits per heavy atom. The molecule has 1 aromatic carbocycles. The molecule has 2 rings (SSSR count). The number of alkyl halides is 1. The SMILES string of the molecule is COc1cc(Br)c2c(c1)C(Cl)CC(C)CC2. The maximum atomic E-state index is 6.47. The number of hydrogen-bond donors (Lipinski definition) is 0. The first-order valence-electron chi connectivity index (χ1n) is 5.62. The zero-order valence-corrected chi connectivity index (χ0v) is 11.9. The highest BCUT2D eigenvalue weighted by atomic mass is 79.9. The van der Waals surface area contributed by atoms with Gasteiger partial charge in [0.05, 0.1) is 12.5 Å². The van der Waals surface area contributed by atoms with Gasteiger partial charge in [0.25, 0.3) is 0 Å². The average Bonchev–Trinajstić information content (AvgIpc) is 2.39. The number of fused-ring (bicyclic) bond motifs is 1. The normalized spacial score (nSPS) is 24.8. The Labute approximate surface area is 110 Å². The van der Waals surface area contributed by atoms with E-state index < -0.39 is 0 Å². The molecule has 2 atom stereocenters. The van der Waals surface area contributed by atoms with Gasteiger partial charge in [0.2, 0.25) is 0 Å². The highest BCUT2D eigenvalue weighted by Crippen LogP contribution is 2.40. The third-order valence-electron chi connectivity index (χ3n) is 3.27. The van der Waals surface area contributed by atoms with Crippen LogP contribution >= 0.6 is 27.5 Å². The second kappa shape index (κ2) is 4.97. The van der Waals surface area contributed by atoms with Crippen molar-refractivity contribution in [3.05, 3.63) is 27.7 Å². The van der Waals surface area contributed by atoms with Crippen LogP contribution in [0.4, 0.5) is 0 Å². The molecule has 0 aliphatic heterocycles. The molecular weight excluding hydrogens is 287 g/mol. The first-order chi connectivity index (χ1) is 7.61. The van der Waals surface area contributed by atoms with Crippen molar-refractivity contribution in [1.82, 2.24) is 0 Å². The summed E-state index contributed by atoms with van der Waals surface area (Å²) in [7, 11) is 1.69. The summed E-state index contributed by atoms with van der Waals surface area (Å²) in [6, 6.07) is 4.11. The molecular formula is C13H16BrClO. The van der Waals surface area contributed by atoms with Crippen LogP contribution in [0.2, 0.25) is 0 Å². The Balaban J connectivity index is 2.47. The van der Waals surface area contributed by atoms with E-state index in [0.29, 0.717) is 5.92 Å². The molecule has 1 aromatic rings. The summed E-state index contributed by atoms with van der Waals surface area (Å²) in [6.07, 6.45) is 3.36. The van der Waals surface area contributed by atoms with Gasteiger partial charge >= 0.3 is 0 Å². The molecule has 0 bridgehead atoms. The topological polar surface area (TPSA) is 9.23 Å². The second-order valence-corrected chi connectivity index (χ2v) is 5.91. The van der Waals surface area contributed by atoms with Crippen molar-refractivity contribution in [3.63, 3.8) is 0 Å². The number of ether oxygens (including phenoxy) is 1. The maximum absolute atomic E-state index is 6.47. The lowest BCUT2D eigenvalue weighted by Crippen LogP contribution is -1.97. The molecule has 0 heterocycles. The van der Waals surface area contributed by atoms with Gasteiger partial charge in [0.1, 0.15) is 5.75 Å². The van der Waals surface area contributed by atoms with Crippen LogP contribution in [0.15, 0.2) is 16.6 Å². The van der Waals surface area contributed by atoms with E-state index in [1.165, 1.54) is 17.5 Å². The van der Waals surface area contributed by atoms with Crippen molar-refractivity contribution in [1.29, 1.82) is 0 Å². The second-order valence-electron chi connectivity index (χ2n) is 4.52. The molecule has 0 radical (unpaired) electrons. The molecule has 1 nitrogen and oxygen atoms in total. The molecule has 0 aromatic heterocycles. The smallest absolute Gasteiger partial charge is 0.120 e. The molecule has 0 N–H and O–H groups in total. The molecule has 1 aliphatic carbocycles. The Hall–Kier alpha value is -0.210. The molecule has 0 saturated carbocycles. The lowest BCUT2D eigenvalue weighted by Gasteiger charge is -2.14. The predicted molar refractivity (Wildman–Crippen MR) is 71.4 cm³/mol. The lowest BCUT2D eigenvalue weighted by atomic mass is 10.0. The third-order valence-corrected chi connectivity index (χ3v) is 4.39. The van der Waals surface area contributed by atoms with Crippen molar-refractivity contribution in [2.24, 2.45) is 5.92 Å². The fourth-order valence-electron chi connectivity index (χ4n) is 2.28. The van der Waals surface area contributed by atoms with Crippen LogP contribution < -0.4 is 4.74 Å². The van der Waals surface area contributed by atoms with Crippen LogP contribution in [-0.2, 0) is 6.42 Å². The summed E-state index contributed by atoms with van der Waals surface area (Å²) >= 11 is 10.1. The minimum atomic E-state index is 0.110. The fraction of sp³-hybridized carbons (Fsp3) is 0.538. The minimum Gasteiger partial charge on any atom is -0.497 e. The number of benzene rings is 1. The van der Waals surface area contributed by atoms with Gasteiger partial charge < -0.3 is 4.74 Å². The van der Waals surface area contributed by atoms with E-state index in [2.05, 4.69) is 28.9 Å². The largest absolute Gasteiger partial charge is 0.497 e. The molecule has 88 valence electrons. The van der Waals surface area contributed by atoms with E-state index in [4.69, 9.17) is 16.3 Å². The van der Waals surface area contributed by atoms with Gasteiger partial charge in [-0.3, -0.25) is 0 Å². The van der Waals surface area contributed by atoms with Crippen LogP contribution in [0.1, 0.15) is 36.3 Å². The zero-order valence-electron chi connectivity index (χ0n) is 9.59. The van der Waals surface area contributed by atoms with Crippen LogP contribution in [0.3, 0.4) is 0 Å². The van der Waals surface area contributed by atoms with E-state index >= 15 is 0 Å². The van der Waals surface area contributed by atoms with Crippen LogP contribution in [0.5, 0.6) is 5.75 Å². The summed E-state index contributed by atoms with van der Waals surface area (Å²) in [5, 5.41) is 0.110. The summed E-state index contributed by atoms with van der Waals surface area (Å²) in [6.45, 7) is 2.27. The summed E-state index contributed by atoms with van der Waals surface area (Å²) in [4.78, 5) is 0. The molecule has 0 saturated heterocycles. The van der Waals surface area contributed by atoms with Gasteiger partial charge in [-0.2, -0.15) is 0 Å².